The molecule has 0 fully saturated rings. The normalized spacial score (nSPS) is 10.8. The first-order valence-corrected chi connectivity index (χ1v) is 4.69. The van der Waals surface area contributed by atoms with E-state index in [9.17, 15) is 13.2 Å². The van der Waals surface area contributed by atoms with Gasteiger partial charge in [-0.05, 0) is 0 Å². The van der Waals surface area contributed by atoms with Gasteiger partial charge in [0, 0.05) is 14.1 Å². The fraction of sp³-hybridized carbons (Fsp3) is 0.750. The molecule has 0 aliphatic rings. The fourth-order valence-electron chi connectivity index (χ4n) is 0.205. The lowest BCUT2D eigenvalue weighted by Crippen LogP contribution is -2.26. The Bertz CT molecular complexity index is 234. The molecule has 0 atom stereocenters. The highest BCUT2D eigenvalue weighted by Gasteiger charge is 2.16. The van der Waals surface area contributed by atoms with E-state index in [2.05, 4.69) is 4.18 Å². The topological polar surface area (TPSA) is 63.7 Å². The molecule has 0 saturated carbocycles. The highest BCUT2D eigenvalue weighted by molar-refractivity contribution is 7.88. The minimum Gasteiger partial charge on any atom is -0.327 e. The number of halogens is 1. The standard InChI is InChI=1S/C4H8ClNO4S/c1-6(2)4(7)10-11(8,9)3-5/h3H2,1-2H3. The van der Waals surface area contributed by atoms with Gasteiger partial charge in [-0.1, -0.05) is 0 Å². The largest absolute Gasteiger partial charge is 0.424 e. The first-order valence-electron chi connectivity index (χ1n) is 2.58. The molecule has 0 N–H and O–H groups in total. The summed E-state index contributed by atoms with van der Waals surface area (Å²) in [4.78, 5) is 11.6. The van der Waals surface area contributed by atoms with Crippen LogP contribution in [-0.2, 0) is 14.3 Å². The van der Waals surface area contributed by atoms with Gasteiger partial charge in [0.05, 0.1) is 0 Å². The third-order valence-corrected chi connectivity index (χ3v) is 2.16. The molecule has 0 aliphatic heterocycles. The van der Waals surface area contributed by atoms with Gasteiger partial charge in [-0.25, -0.2) is 4.79 Å². The van der Waals surface area contributed by atoms with Gasteiger partial charge in [-0.2, -0.15) is 8.42 Å². The SMILES string of the molecule is CN(C)C(=O)OS(=O)(=O)CCl. The molecule has 0 bridgehead atoms. The van der Waals surface area contributed by atoms with Gasteiger partial charge >= 0.3 is 16.2 Å². The molecule has 0 spiro atoms. The highest BCUT2D eigenvalue weighted by atomic mass is 35.5. The van der Waals surface area contributed by atoms with E-state index in [1.54, 1.807) is 0 Å². The van der Waals surface area contributed by atoms with E-state index < -0.39 is 21.4 Å². The van der Waals surface area contributed by atoms with E-state index in [-0.39, 0.29) is 0 Å². The van der Waals surface area contributed by atoms with E-state index in [1.807, 2.05) is 0 Å². The summed E-state index contributed by atoms with van der Waals surface area (Å²) in [5.41, 5.74) is 0. The Balaban J connectivity index is 4.17. The van der Waals surface area contributed by atoms with Crippen LogP contribution in [-0.4, -0.2) is 38.7 Å². The molecule has 0 aliphatic carbocycles. The summed E-state index contributed by atoms with van der Waals surface area (Å²) < 4.78 is 25.0. The van der Waals surface area contributed by atoms with Crippen molar-refractivity contribution >= 4 is 27.8 Å². The summed E-state index contributed by atoms with van der Waals surface area (Å²) in [7, 11) is -1.16. The smallest absolute Gasteiger partial charge is 0.327 e. The molecule has 7 heteroatoms. The first kappa shape index (κ1) is 10.5. The van der Waals surface area contributed by atoms with Crippen LogP contribution in [0, 0.1) is 0 Å². The lowest BCUT2D eigenvalue weighted by atomic mass is 10.9. The van der Waals surface area contributed by atoms with Crippen LogP contribution >= 0.6 is 11.6 Å². The third-order valence-electron chi connectivity index (χ3n) is 0.697. The lowest BCUT2D eigenvalue weighted by molar-refractivity contribution is 0.174. The van der Waals surface area contributed by atoms with Gasteiger partial charge in [0.25, 0.3) is 0 Å². The van der Waals surface area contributed by atoms with Crippen molar-refractivity contribution in [3.05, 3.63) is 0 Å². The fourth-order valence-corrected chi connectivity index (χ4v) is 0.750. The summed E-state index contributed by atoms with van der Waals surface area (Å²) in [6, 6.07) is 0. The summed E-state index contributed by atoms with van der Waals surface area (Å²) in [5.74, 6) is 0. The predicted molar refractivity (Wildman–Crippen MR) is 39.8 cm³/mol. The number of carbonyl (C=O) groups excluding carboxylic acids is 1. The third kappa shape index (κ3) is 4.05. The first-order chi connectivity index (χ1) is 4.89. The van der Waals surface area contributed by atoms with Gasteiger partial charge in [-0.15, -0.1) is 11.6 Å². The number of carbonyl (C=O) groups is 1. The molecular formula is C4H8ClNO4S. The summed E-state index contributed by atoms with van der Waals surface area (Å²) in [6.45, 7) is 0. The van der Waals surface area contributed by atoms with Crippen LogP contribution in [0.5, 0.6) is 0 Å². The lowest BCUT2D eigenvalue weighted by Gasteiger charge is -2.08. The molecule has 0 unspecified atom stereocenters. The summed E-state index contributed by atoms with van der Waals surface area (Å²) >= 11 is 4.96. The van der Waals surface area contributed by atoms with E-state index in [1.165, 1.54) is 14.1 Å². The maximum atomic E-state index is 10.6. The predicted octanol–water partition coefficient (Wildman–Crippen LogP) is 0.211. The van der Waals surface area contributed by atoms with Crippen LogP contribution in [0.2, 0.25) is 0 Å². The second-order valence-corrected chi connectivity index (χ2v) is 4.07. The molecule has 0 rings (SSSR count). The molecule has 11 heavy (non-hydrogen) atoms. The van der Waals surface area contributed by atoms with Crippen molar-refractivity contribution in [2.45, 2.75) is 0 Å². The van der Waals surface area contributed by atoms with Crippen LogP contribution < -0.4 is 0 Å². The molecule has 0 aromatic carbocycles. The summed E-state index contributed by atoms with van der Waals surface area (Å²) in [5, 5.41) is -0.730. The van der Waals surface area contributed by atoms with Crippen LogP contribution in [0.1, 0.15) is 0 Å². The average Bonchev–Trinajstić information content (AvgIpc) is 1.87. The molecule has 0 aromatic heterocycles. The minimum atomic E-state index is -3.89. The number of alkyl halides is 1. The molecule has 5 nitrogen and oxygen atoms in total. The maximum Gasteiger partial charge on any atom is 0.424 e. The second-order valence-electron chi connectivity index (χ2n) is 1.91. The van der Waals surface area contributed by atoms with Crippen molar-refractivity contribution in [1.82, 2.24) is 4.90 Å². The number of amides is 1. The Kier molecular flexibility index (Phi) is 3.61. The average molecular weight is 202 g/mol. The zero-order valence-electron chi connectivity index (χ0n) is 6.07. The Labute approximate surface area is 70.0 Å². The van der Waals surface area contributed by atoms with Gasteiger partial charge in [0.2, 0.25) is 0 Å². The van der Waals surface area contributed by atoms with Crippen LogP contribution in [0.15, 0.2) is 0 Å². The van der Waals surface area contributed by atoms with Crippen molar-refractivity contribution in [1.29, 1.82) is 0 Å². The number of rotatable bonds is 2. The van der Waals surface area contributed by atoms with Crippen molar-refractivity contribution in [3.63, 3.8) is 0 Å². The Morgan fingerprint density at radius 3 is 2.27 bits per heavy atom. The number of nitrogens with zero attached hydrogens (tertiary/aromatic N) is 1. The van der Waals surface area contributed by atoms with Crippen molar-refractivity contribution in [2.24, 2.45) is 0 Å². The van der Waals surface area contributed by atoms with E-state index in [4.69, 9.17) is 11.6 Å². The molecule has 0 heterocycles. The summed E-state index contributed by atoms with van der Waals surface area (Å²) in [6.07, 6.45) is -0.953. The van der Waals surface area contributed by atoms with Crippen LogP contribution in [0.25, 0.3) is 0 Å². The molecular weight excluding hydrogens is 194 g/mol. The number of hydrogen-bond acceptors (Lipinski definition) is 4. The molecule has 0 radical (unpaired) electrons. The van der Waals surface area contributed by atoms with Gasteiger partial charge in [0.15, 0.2) is 5.21 Å². The van der Waals surface area contributed by atoms with Crippen molar-refractivity contribution in [2.75, 3.05) is 19.3 Å². The monoisotopic (exact) mass is 201 g/mol. The molecule has 1 amide bonds. The number of hydrogen-bond donors (Lipinski definition) is 0. The molecule has 0 aromatic rings. The Morgan fingerprint density at radius 1 is 1.55 bits per heavy atom. The van der Waals surface area contributed by atoms with Gasteiger partial charge in [0.1, 0.15) is 0 Å². The second kappa shape index (κ2) is 3.77. The minimum absolute atomic E-state index is 0.730. The maximum absolute atomic E-state index is 10.6. The Hall–Kier alpha value is -0.490. The molecule has 0 saturated heterocycles. The van der Waals surface area contributed by atoms with Crippen molar-refractivity contribution in [3.8, 4) is 0 Å². The van der Waals surface area contributed by atoms with E-state index in [0.717, 1.165) is 4.90 Å². The van der Waals surface area contributed by atoms with Crippen LogP contribution in [0.4, 0.5) is 4.79 Å². The van der Waals surface area contributed by atoms with Crippen molar-refractivity contribution < 1.29 is 17.4 Å². The zero-order chi connectivity index (χ0) is 9.07. The highest BCUT2D eigenvalue weighted by Crippen LogP contribution is 1.98. The van der Waals surface area contributed by atoms with E-state index >= 15 is 0 Å². The molecule has 66 valence electrons. The zero-order valence-corrected chi connectivity index (χ0v) is 7.65. The van der Waals surface area contributed by atoms with Gasteiger partial charge in [-0.3, -0.25) is 0 Å². The van der Waals surface area contributed by atoms with Crippen LogP contribution in [0.3, 0.4) is 0 Å². The quantitative estimate of drug-likeness (QED) is 0.473. The Morgan fingerprint density at radius 2 is 2.00 bits per heavy atom. The van der Waals surface area contributed by atoms with E-state index in [0.29, 0.717) is 0 Å². The van der Waals surface area contributed by atoms with Gasteiger partial charge < -0.3 is 9.08 Å².